The van der Waals surface area contributed by atoms with Gasteiger partial charge in [0, 0.05) is 25.8 Å². The van der Waals surface area contributed by atoms with Crippen molar-refractivity contribution in [3.8, 4) is 0 Å². The van der Waals surface area contributed by atoms with Crippen LogP contribution in [0.25, 0.3) is 0 Å². The fourth-order valence-electron chi connectivity index (χ4n) is 1.89. The van der Waals surface area contributed by atoms with Gasteiger partial charge in [-0.3, -0.25) is 9.59 Å². The average molecular weight is 292 g/mol. The molecule has 0 saturated heterocycles. The Morgan fingerprint density at radius 2 is 1.86 bits per heavy atom. The SMILES string of the molecule is COCCCNC(=O)C(NC(=O)c1ccccc1)C(C)C. The monoisotopic (exact) mass is 292 g/mol. The first-order valence-corrected chi connectivity index (χ1v) is 7.18. The van der Waals surface area contributed by atoms with Gasteiger partial charge in [-0.25, -0.2) is 0 Å². The van der Waals surface area contributed by atoms with E-state index in [1.807, 2.05) is 19.9 Å². The van der Waals surface area contributed by atoms with Crippen molar-refractivity contribution in [1.29, 1.82) is 0 Å². The maximum absolute atomic E-state index is 12.1. The van der Waals surface area contributed by atoms with E-state index in [1.165, 1.54) is 0 Å². The van der Waals surface area contributed by atoms with Gasteiger partial charge in [0.1, 0.15) is 6.04 Å². The second kappa shape index (κ2) is 9.13. The lowest BCUT2D eigenvalue weighted by Gasteiger charge is -2.21. The molecule has 0 radical (unpaired) electrons. The molecule has 2 N–H and O–H groups in total. The maximum Gasteiger partial charge on any atom is 0.251 e. The molecule has 2 amide bonds. The van der Waals surface area contributed by atoms with Crippen LogP contribution in [-0.2, 0) is 9.53 Å². The highest BCUT2D eigenvalue weighted by atomic mass is 16.5. The van der Waals surface area contributed by atoms with Crippen LogP contribution >= 0.6 is 0 Å². The number of methoxy groups -OCH3 is 1. The fourth-order valence-corrected chi connectivity index (χ4v) is 1.89. The number of ether oxygens (including phenoxy) is 1. The highest BCUT2D eigenvalue weighted by Gasteiger charge is 2.24. The van der Waals surface area contributed by atoms with Crippen LogP contribution in [-0.4, -0.2) is 38.1 Å². The molecule has 5 heteroatoms. The van der Waals surface area contributed by atoms with Gasteiger partial charge >= 0.3 is 0 Å². The van der Waals surface area contributed by atoms with Gasteiger partial charge < -0.3 is 15.4 Å². The predicted molar refractivity (Wildman–Crippen MR) is 82.0 cm³/mol. The highest BCUT2D eigenvalue weighted by molar-refractivity contribution is 5.97. The van der Waals surface area contributed by atoms with E-state index in [4.69, 9.17) is 4.74 Å². The van der Waals surface area contributed by atoms with Gasteiger partial charge in [-0.05, 0) is 24.5 Å². The van der Waals surface area contributed by atoms with E-state index in [0.29, 0.717) is 18.7 Å². The smallest absolute Gasteiger partial charge is 0.251 e. The van der Waals surface area contributed by atoms with E-state index < -0.39 is 6.04 Å². The lowest BCUT2D eigenvalue weighted by atomic mass is 10.0. The van der Waals surface area contributed by atoms with Crippen molar-refractivity contribution in [2.75, 3.05) is 20.3 Å². The van der Waals surface area contributed by atoms with Gasteiger partial charge in [0.15, 0.2) is 0 Å². The van der Waals surface area contributed by atoms with E-state index in [9.17, 15) is 9.59 Å². The second-order valence-corrected chi connectivity index (χ2v) is 5.20. The number of amides is 2. The van der Waals surface area contributed by atoms with Crippen molar-refractivity contribution >= 4 is 11.8 Å². The summed E-state index contributed by atoms with van der Waals surface area (Å²) in [5.41, 5.74) is 0.551. The van der Waals surface area contributed by atoms with Crippen molar-refractivity contribution < 1.29 is 14.3 Å². The van der Waals surface area contributed by atoms with Crippen LogP contribution < -0.4 is 10.6 Å². The van der Waals surface area contributed by atoms with Crippen LogP contribution in [0.15, 0.2) is 30.3 Å². The summed E-state index contributed by atoms with van der Waals surface area (Å²) in [6.07, 6.45) is 0.750. The van der Waals surface area contributed by atoms with Crippen molar-refractivity contribution in [2.45, 2.75) is 26.3 Å². The van der Waals surface area contributed by atoms with Crippen LogP contribution in [0.2, 0.25) is 0 Å². The lowest BCUT2D eigenvalue weighted by molar-refractivity contribution is -0.123. The number of hydrogen-bond donors (Lipinski definition) is 2. The third-order valence-corrected chi connectivity index (χ3v) is 3.10. The molecular formula is C16H24N2O3. The summed E-state index contributed by atoms with van der Waals surface area (Å²) in [5, 5.41) is 5.61. The van der Waals surface area contributed by atoms with E-state index >= 15 is 0 Å². The Morgan fingerprint density at radius 3 is 2.43 bits per heavy atom. The van der Waals surface area contributed by atoms with Crippen LogP contribution in [0.4, 0.5) is 0 Å². The van der Waals surface area contributed by atoms with Gasteiger partial charge in [-0.15, -0.1) is 0 Å². The Kier molecular flexibility index (Phi) is 7.46. The second-order valence-electron chi connectivity index (χ2n) is 5.20. The zero-order chi connectivity index (χ0) is 15.7. The molecule has 1 unspecified atom stereocenters. The summed E-state index contributed by atoms with van der Waals surface area (Å²) in [6.45, 7) is 4.95. The highest BCUT2D eigenvalue weighted by Crippen LogP contribution is 2.05. The van der Waals surface area contributed by atoms with Crippen molar-refractivity contribution in [3.63, 3.8) is 0 Å². The summed E-state index contributed by atoms with van der Waals surface area (Å²) < 4.78 is 4.93. The topological polar surface area (TPSA) is 67.4 Å². The maximum atomic E-state index is 12.1. The minimum absolute atomic E-state index is 0.0140. The third kappa shape index (κ3) is 5.95. The lowest BCUT2D eigenvalue weighted by Crippen LogP contribution is -2.49. The Morgan fingerprint density at radius 1 is 1.19 bits per heavy atom. The minimum atomic E-state index is -0.541. The van der Waals surface area contributed by atoms with Gasteiger partial charge in [0.25, 0.3) is 5.91 Å². The Labute approximate surface area is 126 Å². The zero-order valence-electron chi connectivity index (χ0n) is 12.9. The molecule has 1 atom stereocenters. The predicted octanol–water partition coefficient (Wildman–Crippen LogP) is 1.59. The van der Waals surface area contributed by atoms with Crippen LogP contribution in [0.3, 0.4) is 0 Å². The van der Waals surface area contributed by atoms with Crippen molar-refractivity contribution in [1.82, 2.24) is 10.6 Å². The molecule has 0 spiro atoms. The summed E-state index contributed by atoms with van der Waals surface area (Å²) in [4.78, 5) is 24.3. The Hall–Kier alpha value is -1.88. The van der Waals surface area contributed by atoms with E-state index in [1.54, 1.807) is 31.4 Å². The first kappa shape index (κ1) is 17.2. The van der Waals surface area contributed by atoms with Gasteiger partial charge in [0.05, 0.1) is 0 Å². The van der Waals surface area contributed by atoms with Gasteiger partial charge in [-0.1, -0.05) is 32.0 Å². The van der Waals surface area contributed by atoms with Crippen LogP contribution in [0, 0.1) is 5.92 Å². The standard InChI is InChI=1S/C16H24N2O3/c1-12(2)14(16(20)17-10-7-11-21-3)18-15(19)13-8-5-4-6-9-13/h4-6,8-9,12,14H,7,10-11H2,1-3H3,(H,17,20)(H,18,19). The summed E-state index contributed by atoms with van der Waals surface area (Å²) >= 11 is 0. The summed E-state index contributed by atoms with van der Waals surface area (Å²) in [7, 11) is 1.62. The zero-order valence-corrected chi connectivity index (χ0v) is 12.9. The first-order chi connectivity index (χ1) is 10.1. The van der Waals surface area contributed by atoms with E-state index in [2.05, 4.69) is 10.6 Å². The summed E-state index contributed by atoms with van der Waals surface area (Å²) in [6, 6.07) is 8.35. The number of benzene rings is 1. The molecule has 116 valence electrons. The largest absolute Gasteiger partial charge is 0.385 e. The number of nitrogens with one attached hydrogen (secondary N) is 2. The number of rotatable bonds is 8. The molecule has 21 heavy (non-hydrogen) atoms. The molecule has 0 aliphatic carbocycles. The molecule has 0 aromatic heterocycles. The van der Waals surface area contributed by atoms with Crippen molar-refractivity contribution in [2.24, 2.45) is 5.92 Å². The van der Waals surface area contributed by atoms with Crippen LogP contribution in [0.5, 0.6) is 0 Å². The first-order valence-electron chi connectivity index (χ1n) is 7.18. The van der Waals surface area contributed by atoms with E-state index in [-0.39, 0.29) is 17.7 Å². The molecule has 1 aromatic carbocycles. The Balaban J connectivity index is 2.57. The van der Waals surface area contributed by atoms with E-state index in [0.717, 1.165) is 6.42 Å². The van der Waals surface area contributed by atoms with Crippen LogP contribution in [0.1, 0.15) is 30.6 Å². The number of carbonyl (C=O) groups excluding carboxylic acids is 2. The summed E-state index contributed by atoms with van der Waals surface area (Å²) in [5.74, 6) is -0.383. The van der Waals surface area contributed by atoms with Gasteiger partial charge in [0.2, 0.25) is 5.91 Å². The minimum Gasteiger partial charge on any atom is -0.385 e. The normalized spacial score (nSPS) is 12.0. The fraction of sp³-hybridized carbons (Fsp3) is 0.500. The van der Waals surface area contributed by atoms with Gasteiger partial charge in [-0.2, -0.15) is 0 Å². The molecular weight excluding hydrogens is 268 g/mol. The molecule has 1 rings (SSSR count). The molecule has 0 heterocycles. The molecule has 0 aliphatic rings. The molecule has 5 nitrogen and oxygen atoms in total. The molecule has 0 bridgehead atoms. The molecule has 0 fully saturated rings. The van der Waals surface area contributed by atoms with Crippen molar-refractivity contribution in [3.05, 3.63) is 35.9 Å². The average Bonchev–Trinajstić information content (AvgIpc) is 2.49. The third-order valence-electron chi connectivity index (χ3n) is 3.10. The quantitative estimate of drug-likeness (QED) is 0.715. The molecule has 1 aromatic rings. The number of carbonyl (C=O) groups is 2. The molecule has 0 saturated carbocycles. The Bertz CT molecular complexity index is 446. The number of hydrogen-bond acceptors (Lipinski definition) is 3. The molecule has 0 aliphatic heterocycles.